The number of rotatable bonds is 1. The van der Waals surface area contributed by atoms with E-state index >= 15 is 0 Å². The van der Waals surface area contributed by atoms with Crippen LogP contribution in [0.4, 0.5) is 4.79 Å². The van der Waals surface area contributed by atoms with Gasteiger partial charge in [0.05, 0.1) is 6.04 Å². The molecule has 0 aromatic heterocycles. The second-order valence-electron chi connectivity index (χ2n) is 7.17. The van der Waals surface area contributed by atoms with Gasteiger partial charge in [0.1, 0.15) is 18.8 Å². The fourth-order valence-corrected chi connectivity index (χ4v) is 4.78. The summed E-state index contributed by atoms with van der Waals surface area (Å²) in [5.74, 6) is 1.78. The van der Waals surface area contributed by atoms with Crippen LogP contribution < -0.4 is 9.47 Å². The van der Waals surface area contributed by atoms with Gasteiger partial charge in [-0.1, -0.05) is 19.3 Å². The molecule has 24 heavy (non-hydrogen) atoms. The Morgan fingerprint density at radius 3 is 2.46 bits per heavy atom. The lowest BCUT2D eigenvalue weighted by molar-refractivity contribution is 0.0277. The number of hydrogen-bond donors (Lipinski definition) is 1. The number of aliphatic hydroxyl groups excluding tert-OH is 1. The molecular weight excluding hydrogens is 310 g/mol. The lowest BCUT2D eigenvalue weighted by Crippen LogP contribution is -2.47. The van der Waals surface area contributed by atoms with Crippen LogP contribution >= 0.6 is 0 Å². The average Bonchev–Trinajstić information content (AvgIpc) is 3.22. The lowest BCUT2D eigenvalue weighted by Gasteiger charge is -2.44. The Kier molecular flexibility index (Phi) is 3.16. The minimum Gasteiger partial charge on any atom is -0.454 e. The van der Waals surface area contributed by atoms with E-state index in [4.69, 9.17) is 14.2 Å². The number of aliphatic hydroxyl groups is 1. The number of benzene rings is 1. The Morgan fingerprint density at radius 1 is 1.00 bits per heavy atom. The maximum absolute atomic E-state index is 12.4. The summed E-state index contributed by atoms with van der Waals surface area (Å²) in [6, 6.07) is 3.50. The maximum atomic E-state index is 12.4. The average molecular weight is 331 g/mol. The van der Waals surface area contributed by atoms with Gasteiger partial charge in [-0.25, -0.2) is 4.79 Å². The number of carbonyl (C=O) groups is 1. The van der Waals surface area contributed by atoms with Crippen LogP contribution in [0.5, 0.6) is 11.5 Å². The van der Waals surface area contributed by atoms with Crippen LogP contribution in [0.15, 0.2) is 12.1 Å². The van der Waals surface area contributed by atoms with Crippen LogP contribution in [-0.2, 0) is 4.74 Å². The number of nitrogens with zero attached hydrogens (tertiary/aromatic N) is 1. The molecule has 2 fully saturated rings. The molecule has 0 spiro atoms. The van der Waals surface area contributed by atoms with Crippen LogP contribution in [0.2, 0.25) is 0 Å². The fraction of sp³-hybridized carbons (Fsp3) is 0.611. The molecule has 3 atom stereocenters. The Balaban J connectivity index is 1.65. The van der Waals surface area contributed by atoms with E-state index in [1.165, 1.54) is 19.3 Å². The Morgan fingerprint density at radius 2 is 1.71 bits per heavy atom. The summed E-state index contributed by atoms with van der Waals surface area (Å²) in [5, 5.41) is 10.8. The minimum absolute atomic E-state index is 0.0433. The lowest BCUT2D eigenvalue weighted by atomic mass is 9.75. The predicted molar refractivity (Wildman–Crippen MR) is 83.8 cm³/mol. The van der Waals surface area contributed by atoms with Crippen LogP contribution in [-0.4, -0.2) is 35.5 Å². The van der Waals surface area contributed by atoms with Crippen molar-refractivity contribution in [3.8, 4) is 11.5 Å². The van der Waals surface area contributed by atoms with E-state index in [2.05, 4.69) is 0 Å². The zero-order valence-electron chi connectivity index (χ0n) is 13.4. The van der Waals surface area contributed by atoms with Crippen LogP contribution in [0, 0.1) is 5.92 Å². The molecule has 1 saturated carbocycles. The van der Waals surface area contributed by atoms with Gasteiger partial charge in [-0.05, 0) is 42.0 Å². The zero-order chi connectivity index (χ0) is 16.3. The van der Waals surface area contributed by atoms with Crippen LogP contribution in [0.1, 0.15) is 55.4 Å². The van der Waals surface area contributed by atoms with Gasteiger partial charge in [-0.15, -0.1) is 0 Å². The summed E-state index contributed by atoms with van der Waals surface area (Å²) >= 11 is 0. The second kappa shape index (κ2) is 5.28. The first kappa shape index (κ1) is 14.4. The van der Waals surface area contributed by atoms with E-state index in [-0.39, 0.29) is 31.6 Å². The third-order valence-electron chi connectivity index (χ3n) is 5.92. The molecule has 128 valence electrons. The van der Waals surface area contributed by atoms with E-state index in [9.17, 15) is 9.90 Å². The van der Waals surface area contributed by atoms with Crippen molar-refractivity contribution in [2.75, 3.05) is 13.4 Å². The molecule has 1 aromatic carbocycles. The first-order valence-corrected chi connectivity index (χ1v) is 8.80. The van der Waals surface area contributed by atoms with Crippen molar-refractivity contribution in [2.24, 2.45) is 5.92 Å². The van der Waals surface area contributed by atoms with Crippen molar-refractivity contribution >= 4 is 6.09 Å². The quantitative estimate of drug-likeness (QED) is 0.857. The summed E-state index contributed by atoms with van der Waals surface area (Å²) in [4.78, 5) is 14.2. The molecule has 6 nitrogen and oxygen atoms in total. The van der Waals surface area contributed by atoms with E-state index in [0.29, 0.717) is 17.4 Å². The molecule has 5 rings (SSSR count). The van der Waals surface area contributed by atoms with Gasteiger partial charge in [-0.3, -0.25) is 4.90 Å². The van der Waals surface area contributed by atoms with Crippen LogP contribution in [0.25, 0.3) is 0 Å². The summed E-state index contributed by atoms with van der Waals surface area (Å²) in [6.07, 6.45) is 4.79. The third kappa shape index (κ3) is 1.95. The summed E-state index contributed by atoms with van der Waals surface area (Å²) in [5.41, 5.74) is 1.85. The number of fused-ring (bicyclic) bond motifs is 3. The SMILES string of the molecule is O=C1OC[C@@H]2[C@H](O)c3cc4c(cc3[C@@H](C3CCCCC3)N12)OCO4. The normalized spacial score (nSPS) is 31.6. The molecule has 1 N–H and O–H groups in total. The molecule has 4 aliphatic rings. The van der Waals surface area contributed by atoms with E-state index < -0.39 is 6.10 Å². The molecule has 0 bridgehead atoms. The number of hydrogen-bond acceptors (Lipinski definition) is 5. The monoisotopic (exact) mass is 331 g/mol. The Hall–Kier alpha value is -1.95. The topological polar surface area (TPSA) is 68.2 Å². The molecule has 1 aromatic rings. The molecule has 0 radical (unpaired) electrons. The van der Waals surface area contributed by atoms with Crippen molar-refractivity contribution < 1.29 is 24.1 Å². The first-order valence-electron chi connectivity index (χ1n) is 8.80. The van der Waals surface area contributed by atoms with Gasteiger partial charge in [0, 0.05) is 0 Å². The van der Waals surface area contributed by atoms with Crippen molar-refractivity contribution in [3.63, 3.8) is 0 Å². The van der Waals surface area contributed by atoms with Gasteiger partial charge < -0.3 is 19.3 Å². The highest BCUT2D eigenvalue weighted by Crippen LogP contribution is 2.51. The van der Waals surface area contributed by atoms with Crippen molar-refractivity contribution in [1.82, 2.24) is 4.90 Å². The van der Waals surface area contributed by atoms with Gasteiger partial charge in [0.2, 0.25) is 6.79 Å². The highest BCUT2D eigenvalue weighted by molar-refractivity contribution is 5.72. The minimum atomic E-state index is -0.749. The zero-order valence-corrected chi connectivity index (χ0v) is 13.4. The highest BCUT2D eigenvalue weighted by atomic mass is 16.7. The van der Waals surface area contributed by atoms with Gasteiger partial charge in [0.15, 0.2) is 11.5 Å². The molecule has 1 aliphatic carbocycles. The summed E-state index contributed by atoms with van der Waals surface area (Å²) < 4.78 is 16.3. The smallest absolute Gasteiger partial charge is 0.410 e. The fourth-order valence-electron chi connectivity index (χ4n) is 4.78. The largest absolute Gasteiger partial charge is 0.454 e. The first-order chi connectivity index (χ1) is 11.7. The second-order valence-corrected chi connectivity index (χ2v) is 7.17. The van der Waals surface area contributed by atoms with Crippen molar-refractivity contribution in [3.05, 3.63) is 23.3 Å². The molecule has 1 saturated heterocycles. The van der Waals surface area contributed by atoms with E-state index in [0.717, 1.165) is 24.0 Å². The predicted octanol–water partition coefficient (Wildman–Crippen LogP) is 2.90. The van der Waals surface area contributed by atoms with Gasteiger partial charge >= 0.3 is 6.09 Å². The Labute approximate surface area is 140 Å². The van der Waals surface area contributed by atoms with Crippen molar-refractivity contribution in [2.45, 2.75) is 50.3 Å². The standard InChI is InChI=1S/C18H21NO5/c20-17-12-7-15-14(23-9-24-15)6-11(12)16(10-4-2-1-3-5-10)19-13(17)8-22-18(19)21/h6-7,10,13,16-17,20H,1-5,8-9H2/t13-,16-,17-/m1/s1. The molecule has 0 unspecified atom stereocenters. The molecular formula is C18H21NO5. The summed E-state index contributed by atoms with van der Waals surface area (Å²) in [7, 11) is 0. The molecule has 1 amide bonds. The number of ether oxygens (including phenoxy) is 3. The summed E-state index contributed by atoms with van der Waals surface area (Å²) in [6.45, 7) is 0.453. The number of cyclic esters (lactones) is 1. The van der Waals surface area contributed by atoms with E-state index in [1.54, 1.807) is 4.90 Å². The molecule has 6 heteroatoms. The molecule has 3 aliphatic heterocycles. The maximum Gasteiger partial charge on any atom is 0.410 e. The number of carbonyl (C=O) groups excluding carboxylic acids is 1. The number of amides is 1. The highest BCUT2D eigenvalue weighted by Gasteiger charge is 2.50. The van der Waals surface area contributed by atoms with Gasteiger partial charge in [0.25, 0.3) is 0 Å². The Bertz CT molecular complexity index is 684. The third-order valence-corrected chi connectivity index (χ3v) is 5.92. The van der Waals surface area contributed by atoms with E-state index in [1.807, 2.05) is 12.1 Å². The molecule has 3 heterocycles. The van der Waals surface area contributed by atoms with Gasteiger partial charge in [-0.2, -0.15) is 0 Å². The van der Waals surface area contributed by atoms with Crippen LogP contribution in [0.3, 0.4) is 0 Å². The van der Waals surface area contributed by atoms with Crippen molar-refractivity contribution in [1.29, 1.82) is 0 Å².